The molecule has 7 nitrogen and oxygen atoms in total. The van der Waals surface area contributed by atoms with Crippen LogP contribution in [0.2, 0.25) is 0 Å². The minimum atomic E-state index is -0.0387. The average Bonchev–Trinajstić information content (AvgIpc) is 3.11. The van der Waals surface area contributed by atoms with E-state index >= 15 is 0 Å². The zero-order chi connectivity index (χ0) is 17.4. The van der Waals surface area contributed by atoms with E-state index in [2.05, 4.69) is 10.1 Å². The van der Waals surface area contributed by atoms with E-state index in [0.29, 0.717) is 26.1 Å². The van der Waals surface area contributed by atoms with Crippen LogP contribution in [0.15, 0.2) is 36.9 Å². The first kappa shape index (κ1) is 17.9. The van der Waals surface area contributed by atoms with Gasteiger partial charge in [0.25, 0.3) is 0 Å². The van der Waals surface area contributed by atoms with Crippen LogP contribution in [0.3, 0.4) is 0 Å². The number of benzene rings is 1. The van der Waals surface area contributed by atoms with Gasteiger partial charge < -0.3 is 14.4 Å². The van der Waals surface area contributed by atoms with Crippen LogP contribution in [0, 0.1) is 0 Å². The smallest absolute Gasteiger partial charge is 0.225 e. The number of para-hydroxylation sites is 1. The maximum atomic E-state index is 12.7. The molecule has 1 heterocycles. The van der Waals surface area contributed by atoms with E-state index in [1.165, 1.54) is 6.33 Å². The molecule has 0 bridgehead atoms. The topological polar surface area (TPSA) is 69.5 Å². The van der Waals surface area contributed by atoms with E-state index in [1.807, 2.05) is 36.1 Å². The third-order valence-electron chi connectivity index (χ3n) is 3.81. The number of carbonyl (C=O) groups excluding carboxylic acids is 1. The van der Waals surface area contributed by atoms with Crippen molar-refractivity contribution in [3.63, 3.8) is 0 Å². The summed E-state index contributed by atoms with van der Waals surface area (Å²) in [4.78, 5) is 18.4. The number of nitrogens with zero attached hydrogens (tertiary/aromatic N) is 4. The van der Waals surface area contributed by atoms with Gasteiger partial charge in [-0.05, 0) is 13.0 Å². The summed E-state index contributed by atoms with van der Waals surface area (Å²) in [6.07, 6.45) is 3.42. The Balaban J connectivity index is 2.09. The van der Waals surface area contributed by atoms with Crippen LogP contribution in [0.4, 0.5) is 0 Å². The first-order valence-electron chi connectivity index (χ1n) is 7.88. The van der Waals surface area contributed by atoms with Gasteiger partial charge in [-0.2, -0.15) is 5.10 Å². The van der Waals surface area contributed by atoms with Crippen molar-refractivity contribution in [3.05, 3.63) is 42.5 Å². The number of aryl methyl sites for hydroxylation is 1. The molecule has 1 atom stereocenters. The molecule has 1 amide bonds. The Morgan fingerprint density at radius 1 is 1.33 bits per heavy atom. The fourth-order valence-electron chi connectivity index (χ4n) is 2.54. The molecule has 130 valence electrons. The maximum absolute atomic E-state index is 12.7. The van der Waals surface area contributed by atoms with E-state index in [9.17, 15) is 4.79 Å². The van der Waals surface area contributed by atoms with Crippen molar-refractivity contribution in [2.24, 2.45) is 0 Å². The van der Waals surface area contributed by atoms with Crippen molar-refractivity contribution < 1.29 is 14.3 Å². The van der Waals surface area contributed by atoms with Crippen LogP contribution in [-0.2, 0) is 22.6 Å². The highest BCUT2D eigenvalue weighted by Crippen LogP contribution is 2.21. The quantitative estimate of drug-likeness (QED) is 0.699. The third kappa shape index (κ3) is 4.79. The molecule has 1 aromatic heterocycles. The normalized spacial score (nSPS) is 12.0. The summed E-state index contributed by atoms with van der Waals surface area (Å²) in [5, 5.41) is 4.03. The molecule has 0 unspecified atom stereocenters. The zero-order valence-electron chi connectivity index (χ0n) is 14.4. The lowest BCUT2D eigenvalue weighted by Crippen LogP contribution is -2.41. The van der Waals surface area contributed by atoms with E-state index in [0.717, 1.165) is 11.3 Å². The van der Waals surface area contributed by atoms with Crippen molar-refractivity contribution in [2.45, 2.75) is 32.5 Å². The first-order chi connectivity index (χ1) is 11.7. The second kappa shape index (κ2) is 9.02. The zero-order valence-corrected chi connectivity index (χ0v) is 14.4. The molecular formula is C17H24N4O3. The van der Waals surface area contributed by atoms with E-state index < -0.39 is 0 Å². The number of amides is 1. The van der Waals surface area contributed by atoms with Crippen LogP contribution < -0.4 is 4.74 Å². The van der Waals surface area contributed by atoms with Crippen molar-refractivity contribution in [2.75, 3.05) is 20.8 Å². The second-order valence-corrected chi connectivity index (χ2v) is 5.55. The number of hydrogen-bond acceptors (Lipinski definition) is 5. The molecular weight excluding hydrogens is 308 g/mol. The summed E-state index contributed by atoms with van der Waals surface area (Å²) < 4.78 is 12.3. The lowest BCUT2D eigenvalue weighted by atomic mass is 10.1. The minimum Gasteiger partial charge on any atom is -0.496 e. The molecule has 2 aromatic rings. The molecule has 0 N–H and O–H groups in total. The van der Waals surface area contributed by atoms with Crippen LogP contribution in [0.5, 0.6) is 5.75 Å². The lowest BCUT2D eigenvalue weighted by molar-refractivity contribution is -0.135. The highest BCUT2D eigenvalue weighted by molar-refractivity contribution is 5.76. The summed E-state index contributed by atoms with van der Waals surface area (Å²) in [5.41, 5.74) is 0.969. The first-order valence-corrected chi connectivity index (χ1v) is 7.88. The van der Waals surface area contributed by atoms with E-state index in [4.69, 9.17) is 9.47 Å². The molecule has 2 rings (SSSR count). The predicted octanol–water partition coefficient (Wildman–Crippen LogP) is 1.74. The van der Waals surface area contributed by atoms with Gasteiger partial charge in [0.1, 0.15) is 18.4 Å². The molecule has 0 aliphatic rings. The monoisotopic (exact) mass is 332 g/mol. The summed E-state index contributed by atoms with van der Waals surface area (Å²) in [7, 11) is 3.27. The van der Waals surface area contributed by atoms with Gasteiger partial charge in [-0.3, -0.25) is 9.48 Å². The summed E-state index contributed by atoms with van der Waals surface area (Å²) in [6, 6.07) is 7.68. The van der Waals surface area contributed by atoms with Gasteiger partial charge in [0.05, 0.1) is 26.3 Å². The minimum absolute atomic E-state index is 0.0387. The van der Waals surface area contributed by atoms with E-state index in [-0.39, 0.29) is 11.9 Å². The standard InChI is InChI=1S/C17H24N4O3/c1-14(11-23-2)21(10-15-6-4-5-7-16(15)24-3)17(22)8-9-20-13-18-12-19-20/h4-7,12-14H,8-11H2,1-3H3/t14-/m1/s1. The largest absolute Gasteiger partial charge is 0.496 e. The fourth-order valence-corrected chi connectivity index (χ4v) is 2.54. The molecule has 24 heavy (non-hydrogen) atoms. The van der Waals surface area contributed by atoms with Gasteiger partial charge in [-0.25, -0.2) is 4.98 Å². The van der Waals surface area contributed by atoms with E-state index in [1.54, 1.807) is 25.2 Å². The fraction of sp³-hybridized carbons (Fsp3) is 0.471. The molecule has 0 fully saturated rings. The molecule has 1 aromatic carbocycles. The van der Waals surface area contributed by atoms with Crippen LogP contribution in [0.1, 0.15) is 18.9 Å². The summed E-state index contributed by atoms with van der Waals surface area (Å²) in [6.45, 7) is 3.43. The molecule has 0 saturated carbocycles. The Kier molecular flexibility index (Phi) is 6.74. The van der Waals surface area contributed by atoms with Gasteiger partial charge in [-0.1, -0.05) is 18.2 Å². The molecule has 0 radical (unpaired) electrons. The molecule has 7 heteroatoms. The number of hydrogen-bond donors (Lipinski definition) is 0. The molecule has 0 aliphatic heterocycles. The van der Waals surface area contributed by atoms with Gasteiger partial charge in [-0.15, -0.1) is 0 Å². The maximum Gasteiger partial charge on any atom is 0.225 e. The van der Waals surface area contributed by atoms with Crippen molar-refractivity contribution in [3.8, 4) is 5.75 Å². The second-order valence-electron chi connectivity index (χ2n) is 5.55. The van der Waals surface area contributed by atoms with Crippen molar-refractivity contribution in [1.82, 2.24) is 19.7 Å². The Hall–Kier alpha value is -2.41. The van der Waals surface area contributed by atoms with Gasteiger partial charge >= 0.3 is 0 Å². The number of rotatable bonds is 9. The number of aromatic nitrogens is 3. The summed E-state index contributed by atoms with van der Waals surface area (Å²) in [5.74, 6) is 0.817. The third-order valence-corrected chi connectivity index (χ3v) is 3.81. The highest BCUT2D eigenvalue weighted by Gasteiger charge is 2.21. The molecule has 0 aliphatic carbocycles. The molecule has 0 saturated heterocycles. The number of ether oxygens (including phenoxy) is 2. The lowest BCUT2D eigenvalue weighted by Gasteiger charge is -2.29. The van der Waals surface area contributed by atoms with Crippen LogP contribution >= 0.6 is 0 Å². The Bertz CT molecular complexity index is 631. The Morgan fingerprint density at radius 3 is 2.79 bits per heavy atom. The van der Waals surface area contributed by atoms with Gasteiger partial charge in [0.15, 0.2) is 0 Å². The van der Waals surface area contributed by atoms with Crippen molar-refractivity contribution >= 4 is 5.91 Å². The Morgan fingerprint density at radius 2 is 2.12 bits per heavy atom. The average molecular weight is 332 g/mol. The SMILES string of the molecule is COC[C@@H](C)N(Cc1ccccc1OC)C(=O)CCn1cncn1. The van der Waals surface area contributed by atoms with Gasteiger partial charge in [0, 0.05) is 25.6 Å². The predicted molar refractivity (Wildman–Crippen MR) is 89.5 cm³/mol. The van der Waals surface area contributed by atoms with Gasteiger partial charge in [0.2, 0.25) is 5.91 Å². The number of methoxy groups -OCH3 is 2. The van der Waals surface area contributed by atoms with Crippen LogP contribution in [0.25, 0.3) is 0 Å². The summed E-state index contributed by atoms with van der Waals surface area (Å²) >= 11 is 0. The van der Waals surface area contributed by atoms with Crippen LogP contribution in [-0.4, -0.2) is 52.4 Å². The molecule has 0 spiro atoms. The van der Waals surface area contributed by atoms with Crippen molar-refractivity contribution in [1.29, 1.82) is 0 Å². The Labute approximate surface area is 142 Å². The highest BCUT2D eigenvalue weighted by atomic mass is 16.5. The number of carbonyl (C=O) groups is 1.